The van der Waals surface area contributed by atoms with Crippen molar-refractivity contribution < 1.29 is 26.7 Å². The molecule has 1 aromatic carbocycles. The van der Waals surface area contributed by atoms with Crippen molar-refractivity contribution in [3.05, 3.63) is 34.9 Å². The minimum absolute atomic E-state index is 0.0527. The molecule has 0 unspecified atom stereocenters. The van der Waals surface area contributed by atoms with Crippen molar-refractivity contribution in [3.8, 4) is 0 Å². The third-order valence-corrected chi connectivity index (χ3v) is 4.78. The van der Waals surface area contributed by atoms with Crippen molar-refractivity contribution in [2.24, 2.45) is 0 Å². The van der Waals surface area contributed by atoms with E-state index in [4.69, 9.17) is 0 Å². The van der Waals surface area contributed by atoms with E-state index in [1.54, 1.807) is 0 Å². The van der Waals surface area contributed by atoms with E-state index in [0.29, 0.717) is 31.5 Å². The van der Waals surface area contributed by atoms with Crippen LogP contribution in [0.1, 0.15) is 53.1 Å². The Labute approximate surface area is 142 Å². The second kappa shape index (κ2) is 6.55. The molecule has 1 aliphatic carbocycles. The van der Waals surface area contributed by atoms with Crippen LogP contribution in [0.3, 0.4) is 0 Å². The maximum Gasteiger partial charge on any atom is 0.416 e. The van der Waals surface area contributed by atoms with Crippen LogP contribution in [0.15, 0.2) is 18.2 Å². The number of halogens is 5. The first-order chi connectivity index (χ1) is 11.6. The number of hydrogen-bond acceptors (Lipinski definition) is 2. The molecule has 138 valence electrons. The number of carbonyl (C=O) groups excluding carboxylic acids is 1. The van der Waals surface area contributed by atoms with Gasteiger partial charge in [-0.3, -0.25) is 4.79 Å². The molecule has 1 heterocycles. The zero-order chi connectivity index (χ0) is 18.2. The minimum atomic E-state index is -4.57. The van der Waals surface area contributed by atoms with Crippen molar-refractivity contribution in [2.45, 2.75) is 49.7 Å². The SMILES string of the molecule is O=C(NC1CC(F)(F)C1)c1cc(C2CCNCC2)cc(C(F)(F)F)c1. The van der Waals surface area contributed by atoms with Crippen molar-refractivity contribution in [1.82, 2.24) is 10.6 Å². The van der Waals surface area contributed by atoms with Crippen LogP contribution in [0, 0.1) is 0 Å². The van der Waals surface area contributed by atoms with Crippen molar-refractivity contribution in [1.29, 1.82) is 0 Å². The highest BCUT2D eigenvalue weighted by Gasteiger charge is 2.46. The van der Waals surface area contributed by atoms with Gasteiger partial charge in [0, 0.05) is 24.4 Å². The summed E-state index contributed by atoms with van der Waals surface area (Å²) in [5.41, 5.74) is -0.536. The van der Waals surface area contributed by atoms with Crippen molar-refractivity contribution >= 4 is 5.91 Å². The number of nitrogens with one attached hydrogen (secondary N) is 2. The molecule has 2 aliphatic rings. The topological polar surface area (TPSA) is 41.1 Å². The lowest BCUT2D eigenvalue weighted by Gasteiger charge is -2.35. The van der Waals surface area contributed by atoms with Gasteiger partial charge in [-0.2, -0.15) is 13.2 Å². The van der Waals surface area contributed by atoms with Crippen LogP contribution in [0.4, 0.5) is 22.0 Å². The summed E-state index contributed by atoms with van der Waals surface area (Å²) in [6.07, 6.45) is -4.13. The fourth-order valence-electron chi connectivity index (χ4n) is 3.37. The van der Waals surface area contributed by atoms with Crippen LogP contribution in [-0.2, 0) is 6.18 Å². The van der Waals surface area contributed by atoms with Gasteiger partial charge in [0.15, 0.2) is 0 Å². The summed E-state index contributed by atoms with van der Waals surface area (Å²) in [6, 6.07) is 2.64. The van der Waals surface area contributed by atoms with Gasteiger partial charge in [-0.15, -0.1) is 0 Å². The lowest BCUT2D eigenvalue weighted by Crippen LogP contribution is -2.50. The summed E-state index contributed by atoms with van der Waals surface area (Å²) >= 11 is 0. The average molecular weight is 362 g/mol. The molecule has 0 radical (unpaired) electrons. The van der Waals surface area contributed by atoms with E-state index in [2.05, 4.69) is 10.6 Å². The monoisotopic (exact) mass is 362 g/mol. The van der Waals surface area contributed by atoms with E-state index < -0.39 is 42.5 Å². The Morgan fingerprint density at radius 2 is 1.76 bits per heavy atom. The highest BCUT2D eigenvalue weighted by molar-refractivity contribution is 5.95. The van der Waals surface area contributed by atoms with E-state index in [0.717, 1.165) is 12.1 Å². The lowest BCUT2D eigenvalue weighted by atomic mass is 9.86. The molecular weight excluding hydrogens is 343 g/mol. The predicted molar refractivity (Wildman–Crippen MR) is 81.7 cm³/mol. The molecule has 0 atom stereocenters. The molecule has 0 spiro atoms. The quantitative estimate of drug-likeness (QED) is 0.805. The third kappa shape index (κ3) is 4.29. The molecule has 3 nitrogen and oxygen atoms in total. The van der Waals surface area contributed by atoms with Crippen LogP contribution in [0.5, 0.6) is 0 Å². The van der Waals surface area contributed by atoms with Gasteiger partial charge < -0.3 is 10.6 Å². The number of rotatable bonds is 3. The lowest BCUT2D eigenvalue weighted by molar-refractivity contribution is -0.137. The molecule has 1 aliphatic heterocycles. The first-order valence-electron chi connectivity index (χ1n) is 8.26. The second-order valence-corrected chi connectivity index (χ2v) is 6.80. The Balaban J connectivity index is 1.83. The maximum absolute atomic E-state index is 13.2. The van der Waals surface area contributed by atoms with Crippen LogP contribution in [0.2, 0.25) is 0 Å². The Morgan fingerprint density at radius 3 is 2.32 bits per heavy atom. The van der Waals surface area contributed by atoms with Crippen LogP contribution < -0.4 is 10.6 Å². The number of carbonyl (C=O) groups is 1. The molecule has 2 N–H and O–H groups in total. The highest BCUT2D eigenvalue weighted by Crippen LogP contribution is 2.38. The number of piperidine rings is 1. The van der Waals surface area contributed by atoms with E-state index in [9.17, 15) is 26.7 Å². The first kappa shape index (κ1) is 18.1. The molecule has 3 rings (SSSR count). The number of hydrogen-bond donors (Lipinski definition) is 2. The summed E-state index contributed by atoms with van der Waals surface area (Å²) in [5.74, 6) is -3.59. The fourth-order valence-corrected chi connectivity index (χ4v) is 3.37. The van der Waals surface area contributed by atoms with E-state index in [1.807, 2.05) is 0 Å². The van der Waals surface area contributed by atoms with Crippen LogP contribution in [-0.4, -0.2) is 31.0 Å². The molecular formula is C17H19F5N2O. The van der Waals surface area contributed by atoms with Crippen LogP contribution in [0.25, 0.3) is 0 Å². The Hall–Kier alpha value is -1.70. The molecule has 1 amide bonds. The summed E-state index contributed by atoms with van der Waals surface area (Å²) < 4.78 is 65.3. The van der Waals surface area contributed by atoms with Gasteiger partial charge in [-0.05, 0) is 55.6 Å². The molecule has 1 aromatic rings. The minimum Gasteiger partial charge on any atom is -0.349 e. The first-order valence-corrected chi connectivity index (χ1v) is 8.26. The number of amides is 1. The predicted octanol–water partition coefficient (Wildman–Crippen LogP) is 3.70. The highest BCUT2D eigenvalue weighted by atomic mass is 19.4. The molecule has 8 heteroatoms. The zero-order valence-electron chi connectivity index (χ0n) is 13.4. The summed E-state index contributed by atoms with van der Waals surface area (Å²) in [5, 5.41) is 5.54. The Bertz CT molecular complexity index is 645. The normalized spacial score (nSPS) is 21.6. The van der Waals surface area contributed by atoms with E-state index in [-0.39, 0.29) is 11.5 Å². The van der Waals surface area contributed by atoms with Gasteiger partial charge in [0.25, 0.3) is 11.8 Å². The molecule has 1 saturated heterocycles. The van der Waals surface area contributed by atoms with Gasteiger partial charge in [0.1, 0.15) is 0 Å². The fraction of sp³-hybridized carbons (Fsp3) is 0.588. The molecule has 1 saturated carbocycles. The zero-order valence-corrected chi connectivity index (χ0v) is 13.4. The molecule has 0 bridgehead atoms. The van der Waals surface area contributed by atoms with Gasteiger partial charge in [-0.25, -0.2) is 8.78 Å². The van der Waals surface area contributed by atoms with Gasteiger partial charge in [-0.1, -0.05) is 0 Å². The number of alkyl halides is 5. The average Bonchev–Trinajstić information content (AvgIpc) is 2.52. The molecule has 0 aromatic heterocycles. The third-order valence-electron chi connectivity index (χ3n) is 4.78. The van der Waals surface area contributed by atoms with Crippen molar-refractivity contribution in [2.75, 3.05) is 13.1 Å². The van der Waals surface area contributed by atoms with E-state index >= 15 is 0 Å². The van der Waals surface area contributed by atoms with Crippen LogP contribution >= 0.6 is 0 Å². The Kier molecular flexibility index (Phi) is 4.74. The number of benzene rings is 1. The Morgan fingerprint density at radius 1 is 1.12 bits per heavy atom. The molecule has 25 heavy (non-hydrogen) atoms. The summed E-state index contributed by atoms with van der Waals surface area (Å²) in [4.78, 5) is 12.2. The summed E-state index contributed by atoms with van der Waals surface area (Å²) in [7, 11) is 0. The van der Waals surface area contributed by atoms with Gasteiger partial charge in [0.2, 0.25) is 0 Å². The summed E-state index contributed by atoms with van der Waals surface area (Å²) in [6.45, 7) is 1.42. The van der Waals surface area contributed by atoms with Crippen molar-refractivity contribution in [3.63, 3.8) is 0 Å². The van der Waals surface area contributed by atoms with Gasteiger partial charge in [0.05, 0.1) is 5.56 Å². The molecule has 2 fully saturated rings. The smallest absolute Gasteiger partial charge is 0.349 e. The largest absolute Gasteiger partial charge is 0.416 e. The van der Waals surface area contributed by atoms with E-state index in [1.165, 1.54) is 6.07 Å². The maximum atomic E-state index is 13.2. The second-order valence-electron chi connectivity index (χ2n) is 6.80. The van der Waals surface area contributed by atoms with Gasteiger partial charge >= 0.3 is 6.18 Å². The standard InChI is InChI=1S/C17H19F5N2O/c18-16(19)8-14(9-16)24-15(25)12-5-11(10-1-3-23-4-2-10)6-13(7-12)17(20,21)22/h5-7,10,14,23H,1-4,8-9H2,(H,24,25).